The van der Waals surface area contributed by atoms with Gasteiger partial charge in [-0.3, -0.25) is 0 Å². The number of carbonyl (C=O) groups is 1. The lowest BCUT2D eigenvalue weighted by Crippen LogP contribution is -2.49. The zero-order valence-electron chi connectivity index (χ0n) is 18.9. The molecule has 0 radical (unpaired) electrons. The van der Waals surface area contributed by atoms with Gasteiger partial charge < -0.3 is 10.5 Å². The third-order valence-corrected chi connectivity index (χ3v) is 6.68. The quantitative estimate of drug-likeness (QED) is 0.598. The number of nitrogens with two attached hydrogens (primary N) is 1. The summed E-state index contributed by atoms with van der Waals surface area (Å²) in [6.07, 6.45) is 7.41. The van der Waals surface area contributed by atoms with Crippen molar-refractivity contribution in [3.8, 4) is 0 Å². The number of aliphatic imine (C=N–C) groups is 1. The van der Waals surface area contributed by atoms with Crippen molar-refractivity contribution in [1.82, 2.24) is 8.79 Å². The topological polar surface area (TPSA) is 102 Å². The van der Waals surface area contributed by atoms with Gasteiger partial charge in [-0.05, 0) is 44.9 Å². The van der Waals surface area contributed by atoms with Gasteiger partial charge in [0.1, 0.15) is 23.2 Å². The van der Waals surface area contributed by atoms with Crippen LogP contribution in [0.25, 0.3) is 0 Å². The van der Waals surface area contributed by atoms with Crippen molar-refractivity contribution < 1.29 is 31.1 Å². The maximum Gasteiger partial charge on any atom is 0.516 e. The van der Waals surface area contributed by atoms with Crippen LogP contribution in [-0.2, 0) is 21.2 Å². The Morgan fingerprint density at radius 3 is 2.38 bits per heavy atom. The van der Waals surface area contributed by atoms with Crippen molar-refractivity contribution in [1.29, 1.82) is 0 Å². The van der Waals surface area contributed by atoms with Crippen molar-refractivity contribution in [3.05, 3.63) is 66.2 Å². The van der Waals surface area contributed by atoms with Crippen LogP contribution in [0, 0.1) is 0 Å². The number of ether oxygens (including phenoxy) is 1. The highest BCUT2D eigenvalue weighted by Crippen LogP contribution is 2.36. The van der Waals surface area contributed by atoms with E-state index in [1.54, 1.807) is 30.5 Å². The minimum Gasteiger partial charge on any atom is -0.443 e. The summed E-state index contributed by atoms with van der Waals surface area (Å²) in [5.41, 5.74) is 1.31. The molecule has 0 spiro atoms. The summed E-state index contributed by atoms with van der Waals surface area (Å²) in [6, 6.07) is 6.84. The standard InChI is InChI=1S/C22H26F3N4O4S/c1-21(2,3)33-20(30)28(34(31,32)22(23,24)25)13-11-16-7-9-17(10-8-16)29-14-12-27-19(29)6-4-5-18(29)15-26/h4-10,12,14H,11,13,15,26H2,1-3H3/q+1. The largest absolute Gasteiger partial charge is 0.516 e. The Kier molecular flexibility index (Phi) is 6.80. The van der Waals surface area contributed by atoms with E-state index in [1.165, 1.54) is 20.8 Å². The Bertz CT molecular complexity index is 1180. The van der Waals surface area contributed by atoms with Gasteiger partial charge in [-0.1, -0.05) is 12.1 Å². The lowest BCUT2D eigenvalue weighted by Gasteiger charge is -2.33. The zero-order chi connectivity index (χ0) is 25.4. The Balaban J connectivity index is 1.84. The summed E-state index contributed by atoms with van der Waals surface area (Å²) in [7, 11) is -5.93. The van der Waals surface area contributed by atoms with E-state index in [0.717, 1.165) is 17.2 Å². The van der Waals surface area contributed by atoms with Gasteiger partial charge in [-0.25, -0.2) is 4.79 Å². The number of amidine groups is 1. The van der Waals surface area contributed by atoms with E-state index in [9.17, 15) is 26.4 Å². The molecule has 2 N–H and O–H groups in total. The second kappa shape index (κ2) is 9.01. The molecule has 2 heterocycles. The van der Waals surface area contributed by atoms with Crippen LogP contribution in [0.1, 0.15) is 26.3 Å². The number of alkyl halides is 3. The highest BCUT2D eigenvalue weighted by Gasteiger charge is 2.52. The number of nitrogens with zero attached hydrogens (tertiary/aromatic N) is 3. The van der Waals surface area contributed by atoms with Gasteiger partial charge in [-0.15, -0.1) is 0 Å². The van der Waals surface area contributed by atoms with Crippen molar-refractivity contribution in [3.63, 3.8) is 0 Å². The van der Waals surface area contributed by atoms with Crippen molar-refractivity contribution >= 4 is 27.6 Å². The smallest absolute Gasteiger partial charge is 0.443 e. The molecular weight excluding hydrogens is 473 g/mol. The van der Waals surface area contributed by atoms with Crippen LogP contribution in [-0.4, -0.2) is 48.9 Å². The monoisotopic (exact) mass is 499 g/mol. The fourth-order valence-corrected chi connectivity index (χ4v) is 4.43. The SMILES string of the molecule is CC(C)(C)OC(=O)N(CCc1ccc([N+]23C=CN=C2C=CC=C3CN)cc1)S(=O)(=O)C(F)(F)F. The van der Waals surface area contributed by atoms with Crippen molar-refractivity contribution in [2.24, 2.45) is 10.7 Å². The number of quaternary nitrogens is 1. The van der Waals surface area contributed by atoms with Gasteiger partial charge in [0.15, 0.2) is 0 Å². The van der Waals surface area contributed by atoms with Crippen LogP contribution >= 0.6 is 0 Å². The van der Waals surface area contributed by atoms with Crippen LogP contribution in [0.3, 0.4) is 0 Å². The Morgan fingerprint density at radius 1 is 1.18 bits per heavy atom. The summed E-state index contributed by atoms with van der Waals surface area (Å²) in [5, 5.41) is 0. The third kappa shape index (κ3) is 4.79. The maximum absolute atomic E-state index is 13.2. The van der Waals surface area contributed by atoms with Gasteiger partial charge in [0.2, 0.25) is 5.84 Å². The number of hydrogen-bond acceptors (Lipinski definition) is 6. The summed E-state index contributed by atoms with van der Waals surface area (Å²) >= 11 is 0. The molecule has 1 amide bonds. The highest BCUT2D eigenvalue weighted by molar-refractivity contribution is 7.90. The molecule has 2 aliphatic heterocycles. The van der Waals surface area contributed by atoms with E-state index in [-0.39, 0.29) is 21.8 Å². The number of amides is 1. The molecule has 0 saturated carbocycles. The van der Waals surface area contributed by atoms with Gasteiger partial charge in [0, 0.05) is 24.8 Å². The molecule has 1 atom stereocenters. The molecule has 0 saturated heterocycles. The molecule has 0 aliphatic carbocycles. The summed E-state index contributed by atoms with van der Waals surface area (Å²) in [4.78, 5) is 16.7. The molecule has 0 bridgehead atoms. The summed E-state index contributed by atoms with van der Waals surface area (Å²) < 4.78 is 68.4. The first-order valence-corrected chi connectivity index (χ1v) is 11.8. The Labute approximate surface area is 196 Å². The van der Waals surface area contributed by atoms with Crippen LogP contribution in [0.15, 0.2) is 65.6 Å². The van der Waals surface area contributed by atoms with Crippen molar-refractivity contribution in [2.75, 3.05) is 13.1 Å². The minimum absolute atomic E-state index is 0.148. The predicted octanol–water partition coefficient (Wildman–Crippen LogP) is 3.92. The highest BCUT2D eigenvalue weighted by atomic mass is 32.2. The molecule has 1 unspecified atom stereocenters. The van der Waals surface area contributed by atoms with Gasteiger partial charge in [0.05, 0.1) is 12.7 Å². The molecule has 1 aromatic rings. The molecule has 2 aliphatic rings. The Morgan fingerprint density at radius 2 is 1.82 bits per heavy atom. The van der Waals surface area contributed by atoms with Crippen molar-refractivity contribution in [2.45, 2.75) is 38.3 Å². The second-order valence-corrected chi connectivity index (χ2v) is 10.5. The first-order valence-electron chi connectivity index (χ1n) is 10.4. The zero-order valence-corrected chi connectivity index (χ0v) is 19.7. The maximum atomic E-state index is 13.2. The van der Waals surface area contributed by atoms with E-state index in [4.69, 9.17) is 10.5 Å². The molecule has 0 aromatic heterocycles. The summed E-state index contributed by atoms with van der Waals surface area (Å²) in [5.74, 6) is 0.739. The first kappa shape index (κ1) is 25.7. The molecule has 184 valence electrons. The average Bonchev–Trinajstić information content (AvgIpc) is 3.17. The number of carbonyl (C=O) groups excluding carboxylic acids is 1. The number of halogens is 3. The van der Waals surface area contributed by atoms with Gasteiger partial charge in [0.25, 0.3) is 0 Å². The van der Waals surface area contributed by atoms with Crippen LogP contribution in [0.4, 0.5) is 23.7 Å². The number of allylic oxidation sites excluding steroid dienone is 2. The predicted molar refractivity (Wildman–Crippen MR) is 123 cm³/mol. The third-order valence-electron chi connectivity index (χ3n) is 5.18. The molecule has 3 rings (SSSR count). The molecule has 8 nitrogen and oxygen atoms in total. The van der Waals surface area contributed by atoms with E-state index in [1.807, 2.05) is 24.4 Å². The van der Waals surface area contributed by atoms with Gasteiger partial charge in [-0.2, -0.15) is 35.4 Å². The average molecular weight is 500 g/mol. The fraction of sp³-hybridized carbons (Fsp3) is 0.364. The molecule has 34 heavy (non-hydrogen) atoms. The van der Waals surface area contributed by atoms with Crippen LogP contribution in [0.5, 0.6) is 0 Å². The minimum atomic E-state index is -5.93. The number of benzene rings is 1. The van der Waals surface area contributed by atoms with Gasteiger partial charge >= 0.3 is 21.6 Å². The molecular formula is C22H26F3N4O4S+. The number of sulfonamides is 1. The lowest BCUT2D eigenvalue weighted by atomic mass is 10.1. The number of fused-ring (bicyclic) bond motifs is 1. The lowest BCUT2D eigenvalue weighted by molar-refractivity contribution is -0.0500. The fourth-order valence-electron chi connectivity index (χ4n) is 3.62. The van der Waals surface area contributed by atoms with E-state index < -0.39 is 33.8 Å². The van der Waals surface area contributed by atoms with E-state index in [0.29, 0.717) is 5.56 Å². The molecule has 1 aromatic carbocycles. The second-order valence-electron chi connectivity index (χ2n) is 8.65. The first-order chi connectivity index (χ1) is 15.7. The van der Waals surface area contributed by atoms with Crippen LogP contribution < -0.4 is 10.2 Å². The van der Waals surface area contributed by atoms with E-state index in [2.05, 4.69) is 4.99 Å². The molecule has 0 fully saturated rings. The number of hydrogen-bond donors (Lipinski definition) is 1. The van der Waals surface area contributed by atoms with E-state index >= 15 is 0 Å². The normalized spacial score (nSPS) is 20.0. The Hall–Kier alpha value is -2.96. The molecule has 12 heteroatoms. The number of rotatable bonds is 6. The van der Waals surface area contributed by atoms with Crippen LogP contribution in [0.2, 0.25) is 0 Å². The summed E-state index contributed by atoms with van der Waals surface area (Å²) in [6.45, 7) is 3.83.